The van der Waals surface area contributed by atoms with Crippen molar-refractivity contribution in [2.75, 3.05) is 19.6 Å². The summed E-state index contributed by atoms with van der Waals surface area (Å²) in [5.74, 6) is 1.60. The normalized spacial score (nSPS) is 21.8. The molecule has 1 rings (SSSR count). The summed E-state index contributed by atoms with van der Waals surface area (Å²) < 4.78 is 0. The van der Waals surface area contributed by atoms with E-state index in [0.717, 1.165) is 31.0 Å². The van der Waals surface area contributed by atoms with Crippen molar-refractivity contribution in [3.05, 3.63) is 0 Å². The molecule has 2 heteroatoms. The van der Waals surface area contributed by atoms with Crippen LogP contribution in [0.5, 0.6) is 0 Å². The highest BCUT2D eigenvalue weighted by Gasteiger charge is 2.16. The van der Waals surface area contributed by atoms with Crippen LogP contribution < -0.4 is 10.6 Å². The van der Waals surface area contributed by atoms with E-state index in [1.165, 1.54) is 6.54 Å². The maximum Gasteiger partial charge on any atom is 0.0317 e. The maximum atomic E-state index is 3.54. The Balaban J connectivity index is 2.01. The Labute approximate surface area is 69.8 Å². The van der Waals surface area contributed by atoms with E-state index in [4.69, 9.17) is 0 Å². The molecule has 11 heavy (non-hydrogen) atoms. The van der Waals surface area contributed by atoms with Gasteiger partial charge in [0.2, 0.25) is 0 Å². The largest absolute Gasteiger partial charge is 0.314 e. The van der Waals surface area contributed by atoms with Gasteiger partial charge in [-0.15, -0.1) is 0 Å². The van der Waals surface area contributed by atoms with Gasteiger partial charge in [0, 0.05) is 19.1 Å². The van der Waals surface area contributed by atoms with E-state index in [0.29, 0.717) is 0 Å². The van der Waals surface area contributed by atoms with Crippen molar-refractivity contribution in [1.29, 1.82) is 0 Å². The maximum absolute atomic E-state index is 3.54. The first-order valence-corrected chi connectivity index (χ1v) is 4.64. The molecule has 0 amide bonds. The highest BCUT2D eigenvalue weighted by molar-refractivity contribution is 4.81. The number of hydrogen-bond donors (Lipinski definition) is 2. The summed E-state index contributed by atoms with van der Waals surface area (Å²) in [6.07, 6.45) is 0. The SMILES string of the molecule is CC(C)C(C)CNC1CNC1. The first-order valence-electron chi connectivity index (χ1n) is 4.64. The van der Waals surface area contributed by atoms with Gasteiger partial charge in [0.1, 0.15) is 0 Å². The van der Waals surface area contributed by atoms with E-state index in [1.54, 1.807) is 0 Å². The standard InChI is InChI=1S/C9H20N2/c1-7(2)8(3)4-11-9-5-10-6-9/h7-11H,4-6H2,1-3H3. The number of rotatable bonds is 4. The van der Waals surface area contributed by atoms with E-state index in [1.807, 2.05) is 0 Å². The summed E-state index contributed by atoms with van der Waals surface area (Å²) in [6.45, 7) is 10.4. The van der Waals surface area contributed by atoms with E-state index in [2.05, 4.69) is 31.4 Å². The first kappa shape index (κ1) is 9.01. The van der Waals surface area contributed by atoms with Crippen molar-refractivity contribution in [2.45, 2.75) is 26.8 Å². The molecule has 0 spiro atoms. The Morgan fingerprint density at radius 2 is 2.00 bits per heavy atom. The molecule has 0 radical (unpaired) electrons. The second kappa shape index (κ2) is 4.07. The molecule has 1 aliphatic rings. The van der Waals surface area contributed by atoms with Crippen LogP contribution in [0.15, 0.2) is 0 Å². The molecule has 0 aromatic heterocycles. The van der Waals surface area contributed by atoms with Gasteiger partial charge in [0.05, 0.1) is 0 Å². The predicted molar refractivity (Wildman–Crippen MR) is 48.7 cm³/mol. The molecule has 1 unspecified atom stereocenters. The summed E-state index contributed by atoms with van der Waals surface area (Å²) in [5, 5.41) is 6.79. The molecule has 0 saturated carbocycles. The molecule has 2 N–H and O–H groups in total. The monoisotopic (exact) mass is 156 g/mol. The molecule has 1 fully saturated rings. The summed E-state index contributed by atoms with van der Waals surface area (Å²) in [7, 11) is 0. The fourth-order valence-corrected chi connectivity index (χ4v) is 1.02. The average Bonchev–Trinajstić information content (AvgIpc) is 1.83. The second-order valence-corrected chi connectivity index (χ2v) is 3.98. The van der Waals surface area contributed by atoms with E-state index >= 15 is 0 Å². The summed E-state index contributed by atoms with van der Waals surface area (Å²) in [5.41, 5.74) is 0. The molecule has 1 heterocycles. The Morgan fingerprint density at radius 3 is 2.36 bits per heavy atom. The second-order valence-electron chi connectivity index (χ2n) is 3.98. The lowest BCUT2D eigenvalue weighted by Crippen LogP contribution is -2.56. The van der Waals surface area contributed by atoms with Crippen LogP contribution in [0.25, 0.3) is 0 Å². The van der Waals surface area contributed by atoms with Gasteiger partial charge >= 0.3 is 0 Å². The van der Waals surface area contributed by atoms with Crippen LogP contribution in [-0.2, 0) is 0 Å². The van der Waals surface area contributed by atoms with Crippen LogP contribution in [0.3, 0.4) is 0 Å². The van der Waals surface area contributed by atoms with Crippen molar-refractivity contribution < 1.29 is 0 Å². The van der Waals surface area contributed by atoms with Crippen molar-refractivity contribution >= 4 is 0 Å². The Kier molecular flexibility index (Phi) is 3.34. The highest BCUT2D eigenvalue weighted by Crippen LogP contribution is 2.08. The first-order chi connectivity index (χ1) is 5.20. The lowest BCUT2D eigenvalue weighted by atomic mass is 9.97. The molecule has 0 aromatic rings. The van der Waals surface area contributed by atoms with Crippen molar-refractivity contribution in [2.24, 2.45) is 11.8 Å². The van der Waals surface area contributed by atoms with E-state index in [9.17, 15) is 0 Å². The van der Waals surface area contributed by atoms with E-state index < -0.39 is 0 Å². The van der Waals surface area contributed by atoms with Gasteiger partial charge in [-0.2, -0.15) is 0 Å². The van der Waals surface area contributed by atoms with Crippen molar-refractivity contribution in [3.63, 3.8) is 0 Å². The number of nitrogens with one attached hydrogen (secondary N) is 2. The molecule has 66 valence electrons. The predicted octanol–water partition coefficient (Wildman–Crippen LogP) is 0.840. The van der Waals surface area contributed by atoms with Crippen LogP contribution >= 0.6 is 0 Å². The minimum Gasteiger partial charge on any atom is -0.314 e. The molecule has 0 aliphatic carbocycles. The third kappa shape index (κ3) is 2.80. The fraction of sp³-hybridized carbons (Fsp3) is 1.00. The lowest BCUT2D eigenvalue weighted by Gasteiger charge is -2.30. The summed E-state index contributed by atoms with van der Waals surface area (Å²) in [6, 6.07) is 0.746. The lowest BCUT2D eigenvalue weighted by molar-refractivity contribution is 0.315. The van der Waals surface area contributed by atoms with Gasteiger partial charge in [-0.05, 0) is 18.4 Å². The van der Waals surface area contributed by atoms with Crippen molar-refractivity contribution in [3.8, 4) is 0 Å². The van der Waals surface area contributed by atoms with Crippen LogP contribution in [0.1, 0.15) is 20.8 Å². The van der Waals surface area contributed by atoms with Crippen molar-refractivity contribution in [1.82, 2.24) is 10.6 Å². The highest BCUT2D eigenvalue weighted by atomic mass is 15.1. The molecular weight excluding hydrogens is 136 g/mol. The Morgan fingerprint density at radius 1 is 1.36 bits per heavy atom. The Bertz CT molecular complexity index is 108. The quantitative estimate of drug-likeness (QED) is 0.630. The van der Waals surface area contributed by atoms with Crippen LogP contribution in [0, 0.1) is 11.8 Å². The molecule has 1 saturated heterocycles. The fourth-order valence-electron chi connectivity index (χ4n) is 1.02. The zero-order valence-electron chi connectivity index (χ0n) is 7.85. The Hall–Kier alpha value is -0.0800. The molecule has 1 atom stereocenters. The zero-order valence-corrected chi connectivity index (χ0v) is 7.85. The minimum absolute atomic E-state index is 0.746. The average molecular weight is 156 g/mol. The van der Waals surface area contributed by atoms with Gasteiger partial charge in [0.25, 0.3) is 0 Å². The summed E-state index contributed by atoms with van der Waals surface area (Å²) >= 11 is 0. The topological polar surface area (TPSA) is 24.1 Å². The summed E-state index contributed by atoms with van der Waals surface area (Å²) in [4.78, 5) is 0. The third-order valence-electron chi connectivity index (χ3n) is 2.65. The molecular formula is C9H20N2. The van der Waals surface area contributed by atoms with Gasteiger partial charge in [-0.25, -0.2) is 0 Å². The minimum atomic E-state index is 0.746. The van der Waals surface area contributed by atoms with Gasteiger partial charge in [-0.3, -0.25) is 0 Å². The van der Waals surface area contributed by atoms with Gasteiger partial charge in [0.15, 0.2) is 0 Å². The molecule has 2 nitrogen and oxygen atoms in total. The van der Waals surface area contributed by atoms with Crippen LogP contribution in [-0.4, -0.2) is 25.7 Å². The third-order valence-corrected chi connectivity index (χ3v) is 2.65. The van der Waals surface area contributed by atoms with Crippen LogP contribution in [0.4, 0.5) is 0 Å². The molecule has 1 aliphatic heterocycles. The number of hydrogen-bond acceptors (Lipinski definition) is 2. The molecule has 0 aromatic carbocycles. The zero-order chi connectivity index (χ0) is 8.27. The van der Waals surface area contributed by atoms with Crippen LogP contribution in [0.2, 0.25) is 0 Å². The van der Waals surface area contributed by atoms with Gasteiger partial charge in [-0.1, -0.05) is 20.8 Å². The smallest absolute Gasteiger partial charge is 0.0317 e. The van der Waals surface area contributed by atoms with E-state index in [-0.39, 0.29) is 0 Å². The van der Waals surface area contributed by atoms with Gasteiger partial charge < -0.3 is 10.6 Å². The molecule has 0 bridgehead atoms.